The highest BCUT2D eigenvalue weighted by molar-refractivity contribution is 5.88. The second-order valence-corrected chi connectivity index (χ2v) is 10.1. The Bertz CT molecular complexity index is 1330. The SMILES string of the molecule is [C-]#[N+]c1ccc2c(c1)C(C(F)F)CCN2c1n[nH]c2nc(N3CCC4(CC3)CO[C@@H](C)[C@H]4N)cnc12. The van der Waals surface area contributed by atoms with Crippen LogP contribution in [0.3, 0.4) is 0 Å². The van der Waals surface area contributed by atoms with Crippen molar-refractivity contribution in [2.45, 2.75) is 50.7 Å². The smallest absolute Gasteiger partial charge is 0.245 e. The molecular weight excluding hydrogens is 466 g/mol. The molecule has 9 nitrogen and oxygen atoms in total. The van der Waals surface area contributed by atoms with E-state index in [1.807, 2.05) is 11.8 Å². The quantitative estimate of drug-likeness (QED) is 0.528. The van der Waals surface area contributed by atoms with Crippen molar-refractivity contribution in [3.8, 4) is 0 Å². The summed E-state index contributed by atoms with van der Waals surface area (Å²) < 4.78 is 33.3. The Morgan fingerprint density at radius 3 is 2.78 bits per heavy atom. The number of nitrogens with one attached hydrogen (secondary N) is 1. The summed E-state index contributed by atoms with van der Waals surface area (Å²) in [5, 5.41) is 7.45. The van der Waals surface area contributed by atoms with E-state index in [9.17, 15) is 8.78 Å². The lowest BCUT2D eigenvalue weighted by atomic mass is 9.73. The summed E-state index contributed by atoms with van der Waals surface area (Å²) in [4.78, 5) is 17.0. The Labute approximate surface area is 207 Å². The Morgan fingerprint density at radius 2 is 2.08 bits per heavy atom. The highest BCUT2D eigenvalue weighted by atomic mass is 19.3. The van der Waals surface area contributed by atoms with Gasteiger partial charge in [-0.2, -0.15) is 5.10 Å². The van der Waals surface area contributed by atoms with Crippen LogP contribution in [0.25, 0.3) is 16.0 Å². The molecule has 2 aromatic heterocycles. The number of benzene rings is 1. The average molecular weight is 495 g/mol. The number of alkyl halides is 2. The normalized spacial score (nSPS) is 25.5. The van der Waals surface area contributed by atoms with Gasteiger partial charge in [0.1, 0.15) is 5.82 Å². The fourth-order valence-electron chi connectivity index (χ4n) is 5.95. The third-order valence-corrected chi connectivity index (χ3v) is 8.22. The van der Waals surface area contributed by atoms with Crippen LogP contribution in [-0.2, 0) is 4.74 Å². The number of anilines is 3. The molecule has 36 heavy (non-hydrogen) atoms. The highest BCUT2D eigenvalue weighted by Crippen LogP contribution is 2.45. The molecule has 11 heteroatoms. The summed E-state index contributed by atoms with van der Waals surface area (Å²) in [5.74, 6) is 0.408. The molecule has 1 unspecified atom stereocenters. The number of fused-ring (bicyclic) bond motifs is 2. The maximum absolute atomic E-state index is 13.8. The first-order valence-electron chi connectivity index (χ1n) is 12.3. The van der Waals surface area contributed by atoms with Crippen molar-refractivity contribution in [1.82, 2.24) is 20.2 Å². The van der Waals surface area contributed by atoms with Gasteiger partial charge in [-0.05, 0) is 37.8 Å². The second-order valence-electron chi connectivity index (χ2n) is 10.1. The van der Waals surface area contributed by atoms with Crippen LogP contribution >= 0.6 is 0 Å². The average Bonchev–Trinajstić information content (AvgIpc) is 3.44. The molecule has 3 aliphatic heterocycles. The fourth-order valence-corrected chi connectivity index (χ4v) is 5.95. The molecule has 3 aromatic rings. The molecule has 188 valence electrons. The number of rotatable bonds is 3. The van der Waals surface area contributed by atoms with Gasteiger partial charge in [0.25, 0.3) is 0 Å². The van der Waals surface area contributed by atoms with E-state index < -0.39 is 12.3 Å². The molecule has 0 aliphatic carbocycles. The first-order valence-corrected chi connectivity index (χ1v) is 12.3. The van der Waals surface area contributed by atoms with Crippen LogP contribution in [0.2, 0.25) is 0 Å². The summed E-state index contributed by atoms with van der Waals surface area (Å²) >= 11 is 0. The van der Waals surface area contributed by atoms with Gasteiger partial charge in [0.15, 0.2) is 22.7 Å². The number of piperidine rings is 1. The van der Waals surface area contributed by atoms with E-state index in [4.69, 9.17) is 22.0 Å². The van der Waals surface area contributed by atoms with Crippen molar-refractivity contribution in [2.75, 3.05) is 36.0 Å². The number of H-pyrrole nitrogens is 1. The summed E-state index contributed by atoms with van der Waals surface area (Å²) in [5.41, 5.74) is 9.06. The zero-order valence-electron chi connectivity index (χ0n) is 20.0. The first-order chi connectivity index (χ1) is 17.4. The zero-order chi connectivity index (χ0) is 25.0. The summed E-state index contributed by atoms with van der Waals surface area (Å²) in [6.07, 6.45) is 1.47. The van der Waals surface area contributed by atoms with Crippen molar-refractivity contribution < 1.29 is 13.5 Å². The number of hydrogen-bond acceptors (Lipinski definition) is 7. The topological polar surface area (TPSA) is 101 Å². The van der Waals surface area contributed by atoms with Crippen molar-refractivity contribution >= 4 is 34.2 Å². The van der Waals surface area contributed by atoms with Crippen molar-refractivity contribution in [1.29, 1.82) is 0 Å². The van der Waals surface area contributed by atoms with E-state index in [2.05, 4.69) is 24.9 Å². The maximum Gasteiger partial charge on any atom is 0.245 e. The molecule has 2 saturated heterocycles. The third-order valence-electron chi connectivity index (χ3n) is 8.22. The van der Waals surface area contributed by atoms with E-state index in [1.165, 1.54) is 0 Å². The first kappa shape index (κ1) is 23.1. The van der Waals surface area contributed by atoms with Gasteiger partial charge in [0.2, 0.25) is 6.43 Å². The van der Waals surface area contributed by atoms with Crippen molar-refractivity contribution in [2.24, 2.45) is 11.1 Å². The number of halogens is 2. The molecule has 5 heterocycles. The van der Waals surface area contributed by atoms with Crippen molar-refractivity contribution in [3.05, 3.63) is 41.4 Å². The van der Waals surface area contributed by atoms with Gasteiger partial charge in [-0.3, -0.25) is 5.10 Å². The predicted octanol–water partition coefficient (Wildman–Crippen LogP) is 4.13. The molecule has 0 amide bonds. The summed E-state index contributed by atoms with van der Waals surface area (Å²) in [6, 6.07) is 4.99. The maximum atomic E-state index is 13.8. The van der Waals surface area contributed by atoms with E-state index in [-0.39, 0.29) is 24.0 Å². The molecule has 1 aromatic carbocycles. The molecular formula is C25H28F2N8O. The lowest BCUT2D eigenvalue weighted by Gasteiger charge is -2.41. The molecule has 3 aliphatic rings. The standard InChI is InChI=1S/C25H28F2N8O/c1-14-21(28)25(13-36-14)6-9-34(10-7-25)19-12-30-20-23(31-19)32-33-24(20)35-8-5-16(22(26)27)17-11-15(29-2)3-4-18(17)35/h3-4,11-12,14,16,21-22H,5-10,13,28H2,1H3,(H,31,32,33)/t14-,16?,21+/m0/s1. The molecule has 0 bridgehead atoms. The van der Waals surface area contributed by atoms with Crippen LogP contribution in [0.4, 0.5) is 31.8 Å². The van der Waals surface area contributed by atoms with E-state index in [1.54, 1.807) is 24.4 Å². The monoisotopic (exact) mass is 494 g/mol. The molecule has 0 saturated carbocycles. The van der Waals surface area contributed by atoms with E-state index in [0.717, 1.165) is 31.7 Å². The minimum absolute atomic E-state index is 0.0272. The van der Waals surface area contributed by atoms with Crippen LogP contribution in [0.1, 0.15) is 37.7 Å². The molecule has 1 spiro atoms. The number of aromatic nitrogens is 4. The fraction of sp³-hybridized carbons (Fsp3) is 0.520. The minimum atomic E-state index is -2.50. The van der Waals surface area contributed by atoms with Gasteiger partial charge in [0, 0.05) is 42.7 Å². The lowest BCUT2D eigenvalue weighted by molar-refractivity contribution is 0.0974. The van der Waals surface area contributed by atoms with Crippen LogP contribution in [0, 0.1) is 12.0 Å². The molecule has 3 atom stereocenters. The molecule has 2 fully saturated rings. The number of ether oxygens (including phenoxy) is 1. The number of nitrogens with two attached hydrogens (primary N) is 1. The Balaban J connectivity index is 1.27. The number of nitrogens with zero attached hydrogens (tertiary/aromatic N) is 6. The summed E-state index contributed by atoms with van der Waals surface area (Å²) in [6.45, 7) is 12.0. The van der Waals surface area contributed by atoms with Crippen LogP contribution in [0.5, 0.6) is 0 Å². The number of hydrogen-bond donors (Lipinski definition) is 2. The van der Waals surface area contributed by atoms with Crippen LogP contribution in [-0.4, -0.2) is 65.0 Å². The van der Waals surface area contributed by atoms with Crippen molar-refractivity contribution in [3.63, 3.8) is 0 Å². The lowest BCUT2D eigenvalue weighted by Crippen LogP contribution is -2.50. The van der Waals surface area contributed by atoms with E-state index >= 15 is 0 Å². The second kappa shape index (κ2) is 8.64. The largest absolute Gasteiger partial charge is 0.376 e. The third kappa shape index (κ3) is 3.59. The van der Waals surface area contributed by atoms with Gasteiger partial charge in [-0.1, -0.05) is 12.1 Å². The predicted molar refractivity (Wildman–Crippen MR) is 132 cm³/mol. The van der Waals surface area contributed by atoms with Gasteiger partial charge in [0.05, 0.1) is 25.5 Å². The Hall–Kier alpha value is -3.36. The zero-order valence-corrected chi connectivity index (χ0v) is 20.0. The molecule has 6 rings (SSSR count). The van der Waals surface area contributed by atoms with Gasteiger partial charge in [-0.25, -0.2) is 23.6 Å². The molecule has 3 N–H and O–H groups in total. The summed E-state index contributed by atoms with van der Waals surface area (Å²) in [7, 11) is 0. The number of aromatic amines is 1. The molecule has 0 radical (unpaired) electrons. The van der Waals surface area contributed by atoms with Gasteiger partial charge in [-0.15, -0.1) is 0 Å². The van der Waals surface area contributed by atoms with E-state index in [0.29, 0.717) is 47.1 Å². The highest BCUT2D eigenvalue weighted by Gasteiger charge is 2.47. The van der Waals surface area contributed by atoms with Crippen LogP contribution < -0.4 is 15.5 Å². The van der Waals surface area contributed by atoms with Crippen LogP contribution in [0.15, 0.2) is 24.4 Å². The Kier molecular flexibility index (Phi) is 5.53. The van der Waals surface area contributed by atoms with Gasteiger partial charge >= 0.3 is 0 Å². The Morgan fingerprint density at radius 1 is 1.28 bits per heavy atom. The van der Waals surface area contributed by atoms with Gasteiger partial charge < -0.3 is 20.3 Å². The minimum Gasteiger partial charge on any atom is -0.376 e.